The van der Waals surface area contributed by atoms with Gasteiger partial charge in [-0.15, -0.1) is 0 Å². The summed E-state index contributed by atoms with van der Waals surface area (Å²) in [6.45, 7) is 0. The van der Waals surface area contributed by atoms with Crippen LogP contribution in [0.4, 0.5) is 0 Å². The van der Waals surface area contributed by atoms with Crippen molar-refractivity contribution in [1.82, 2.24) is 5.01 Å². The van der Waals surface area contributed by atoms with Gasteiger partial charge in [0.05, 0.1) is 31.5 Å². The normalized spacial score (nSPS) is 18.8. The van der Waals surface area contributed by atoms with Crippen LogP contribution in [0.1, 0.15) is 45.7 Å². The third-order valence-electron chi connectivity index (χ3n) is 5.77. The molecule has 2 aliphatic rings. The summed E-state index contributed by atoms with van der Waals surface area (Å²) in [6, 6.07) is 20.7. The van der Waals surface area contributed by atoms with Gasteiger partial charge in [-0.1, -0.05) is 35.9 Å². The van der Waals surface area contributed by atoms with Crippen molar-refractivity contribution in [1.29, 1.82) is 0 Å². The number of esters is 1. The van der Waals surface area contributed by atoms with E-state index >= 15 is 0 Å². The highest BCUT2D eigenvalue weighted by molar-refractivity contribution is 6.30. The summed E-state index contributed by atoms with van der Waals surface area (Å²) in [5.41, 5.74) is 4.32. The fourth-order valence-electron chi connectivity index (χ4n) is 4.16. The minimum absolute atomic E-state index is 0.0241. The molecule has 6 nitrogen and oxygen atoms in total. The van der Waals surface area contributed by atoms with Crippen molar-refractivity contribution in [2.24, 2.45) is 5.10 Å². The van der Waals surface area contributed by atoms with Crippen LogP contribution in [0.5, 0.6) is 11.5 Å². The van der Waals surface area contributed by atoms with Crippen LogP contribution in [-0.2, 0) is 4.74 Å². The Balaban J connectivity index is 1.56. The monoisotopic (exact) mass is 448 g/mol. The van der Waals surface area contributed by atoms with Crippen molar-refractivity contribution in [2.75, 3.05) is 14.2 Å². The molecular formula is C25H21ClN2O4. The molecule has 3 aromatic carbocycles. The van der Waals surface area contributed by atoms with Gasteiger partial charge in [0.15, 0.2) is 0 Å². The molecule has 2 unspecified atom stereocenters. The van der Waals surface area contributed by atoms with E-state index in [0.29, 0.717) is 17.0 Å². The van der Waals surface area contributed by atoms with E-state index in [9.17, 15) is 4.79 Å². The maximum absolute atomic E-state index is 11.8. The number of benzene rings is 3. The minimum atomic E-state index is -0.441. The zero-order valence-corrected chi connectivity index (χ0v) is 18.4. The van der Waals surface area contributed by atoms with Gasteiger partial charge in [0, 0.05) is 28.1 Å². The summed E-state index contributed by atoms with van der Waals surface area (Å²) >= 11 is 6.30. The number of carbonyl (C=O) groups is 1. The summed E-state index contributed by atoms with van der Waals surface area (Å²) in [6.07, 6.45) is 0.268. The highest BCUT2D eigenvalue weighted by Crippen LogP contribution is 2.48. The predicted octanol–water partition coefficient (Wildman–Crippen LogP) is 5.38. The summed E-state index contributed by atoms with van der Waals surface area (Å²) in [4.78, 5) is 11.8. The molecule has 162 valence electrons. The van der Waals surface area contributed by atoms with Crippen molar-refractivity contribution >= 4 is 23.3 Å². The maximum Gasteiger partial charge on any atom is 0.337 e. The first-order valence-corrected chi connectivity index (χ1v) is 10.6. The molecule has 2 atom stereocenters. The second kappa shape index (κ2) is 8.20. The number of ether oxygens (including phenoxy) is 3. The van der Waals surface area contributed by atoms with Gasteiger partial charge in [0.25, 0.3) is 0 Å². The van der Waals surface area contributed by atoms with Gasteiger partial charge < -0.3 is 14.2 Å². The molecule has 0 aromatic heterocycles. The summed E-state index contributed by atoms with van der Waals surface area (Å²) in [5.74, 6) is 1.18. The smallest absolute Gasteiger partial charge is 0.337 e. The number of hydrogen-bond acceptors (Lipinski definition) is 6. The van der Waals surface area contributed by atoms with Gasteiger partial charge in [-0.3, -0.25) is 0 Å². The van der Waals surface area contributed by atoms with Crippen LogP contribution in [0.3, 0.4) is 0 Å². The number of fused-ring (bicyclic) bond motifs is 3. The Bertz CT molecular complexity index is 1210. The molecule has 0 saturated carbocycles. The Morgan fingerprint density at radius 1 is 1.09 bits per heavy atom. The second-order valence-corrected chi connectivity index (χ2v) is 8.08. The molecule has 0 fully saturated rings. The molecule has 3 aromatic rings. The van der Waals surface area contributed by atoms with E-state index in [1.807, 2.05) is 59.6 Å². The zero-order valence-electron chi connectivity index (χ0n) is 17.6. The first-order valence-electron chi connectivity index (χ1n) is 10.2. The largest absolute Gasteiger partial charge is 0.497 e. The molecule has 2 aliphatic heterocycles. The number of rotatable bonds is 4. The van der Waals surface area contributed by atoms with Gasteiger partial charge in [-0.25, -0.2) is 9.80 Å². The van der Waals surface area contributed by atoms with Gasteiger partial charge in [0.2, 0.25) is 6.23 Å². The van der Waals surface area contributed by atoms with E-state index in [2.05, 4.69) is 0 Å². The van der Waals surface area contributed by atoms with Crippen LogP contribution < -0.4 is 9.47 Å². The van der Waals surface area contributed by atoms with Crippen molar-refractivity contribution in [2.45, 2.75) is 18.7 Å². The van der Waals surface area contributed by atoms with Crippen molar-refractivity contribution in [3.8, 4) is 11.5 Å². The van der Waals surface area contributed by atoms with Crippen molar-refractivity contribution in [3.05, 3.63) is 94.0 Å². The van der Waals surface area contributed by atoms with Crippen LogP contribution in [0, 0.1) is 0 Å². The second-order valence-electron chi connectivity index (χ2n) is 7.64. The van der Waals surface area contributed by atoms with Gasteiger partial charge in [-0.2, -0.15) is 5.10 Å². The fourth-order valence-corrected chi connectivity index (χ4v) is 4.34. The lowest BCUT2D eigenvalue weighted by Crippen LogP contribution is -2.33. The molecule has 2 heterocycles. The molecule has 32 heavy (non-hydrogen) atoms. The molecular weight excluding hydrogens is 428 g/mol. The third-order valence-corrected chi connectivity index (χ3v) is 6.01. The molecule has 0 N–H and O–H groups in total. The number of halogens is 1. The third kappa shape index (κ3) is 3.56. The molecule has 0 radical (unpaired) electrons. The van der Waals surface area contributed by atoms with Crippen molar-refractivity contribution < 1.29 is 19.0 Å². The quantitative estimate of drug-likeness (QED) is 0.501. The lowest BCUT2D eigenvalue weighted by molar-refractivity contribution is -0.0190. The van der Waals surface area contributed by atoms with E-state index in [-0.39, 0.29) is 12.0 Å². The lowest BCUT2D eigenvalue weighted by Gasteiger charge is -2.38. The molecule has 0 spiro atoms. The first kappa shape index (κ1) is 20.4. The lowest BCUT2D eigenvalue weighted by atomic mass is 9.95. The minimum Gasteiger partial charge on any atom is -0.497 e. The van der Waals surface area contributed by atoms with Crippen LogP contribution in [0.25, 0.3) is 0 Å². The number of nitrogens with zero attached hydrogens (tertiary/aromatic N) is 2. The van der Waals surface area contributed by atoms with E-state index < -0.39 is 6.23 Å². The first-order chi connectivity index (χ1) is 15.6. The van der Waals surface area contributed by atoms with Gasteiger partial charge >= 0.3 is 5.97 Å². The van der Waals surface area contributed by atoms with E-state index in [0.717, 1.165) is 33.9 Å². The highest BCUT2D eigenvalue weighted by Gasteiger charge is 2.41. The SMILES string of the molecule is COC(=O)c1ccc(C2Oc3ccc(Cl)cc3C3CC(c4cccc(OC)c4)=NN32)cc1. The van der Waals surface area contributed by atoms with Crippen LogP contribution >= 0.6 is 11.6 Å². The summed E-state index contributed by atoms with van der Waals surface area (Å²) in [7, 11) is 3.02. The van der Waals surface area contributed by atoms with E-state index in [4.69, 9.17) is 30.9 Å². The molecule has 0 bridgehead atoms. The highest BCUT2D eigenvalue weighted by atomic mass is 35.5. The number of hydrazone groups is 1. The Kier molecular flexibility index (Phi) is 5.23. The van der Waals surface area contributed by atoms with Crippen LogP contribution in [-0.4, -0.2) is 30.9 Å². The Morgan fingerprint density at radius 3 is 2.66 bits per heavy atom. The Morgan fingerprint density at radius 2 is 1.91 bits per heavy atom. The standard InChI is InChI=1S/C25H21ClN2O4/c1-30-19-5-3-4-17(12-19)21-14-22-20-13-18(26)10-11-23(20)32-24(28(22)27-21)15-6-8-16(9-7-15)25(29)31-2/h3-13,22,24H,14H2,1-2H3. The topological polar surface area (TPSA) is 60.4 Å². The fraction of sp³-hybridized carbons (Fsp3) is 0.200. The Labute approximate surface area is 191 Å². The van der Waals surface area contributed by atoms with Crippen LogP contribution in [0.2, 0.25) is 5.02 Å². The average Bonchev–Trinajstić information content (AvgIpc) is 3.29. The number of carbonyl (C=O) groups excluding carboxylic acids is 1. The van der Waals surface area contributed by atoms with E-state index in [1.54, 1.807) is 19.2 Å². The Hall–Kier alpha value is -3.51. The predicted molar refractivity (Wildman–Crippen MR) is 121 cm³/mol. The number of hydrogen-bond donors (Lipinski definition) is 0. The van der Waals surface area contributed by atoms with Crippen LogP contribution in [0.15, 0.2) is 71.8 Å². The van der Waals surface area contributed by atoms with Crippen molar-refractivity contribution in [3.63, 3.8) is 0 Å². The molecule has 7 heteroatoms. The van der Waals surface area contributed by atoms with Gasteiger partial charge in [0.1, 0.15) is 11.5 Å². The summed E-state index contributed by atoms with van der Waals surface area (Å²) < 4.78 is 16.6. The average molecular weight is 449 g/mol. The summed E-state index contributed by atoms with van der Waals surface area (Å²) in [5, 5.41) is 7.58. The maximum atomic E-state index is 11.8. The molecule has 0 aliphatic carbocycles. The molecule has 0 saturated heterocycles. The number of methoxy groups -OCH3 is 2. The molecule has 5 rings (SSSR count). The van der Waals surface area contributed by atoms with E-state index in [1.165, 1.54) is 7.11 Å². The van der Waals surface area contributed by atoms with Gasteiger partial charge in [-0.05, 0) is 42.5 Å². The zero-order chi connectivity index (χ0) is 22.2. The molecule has 0 amide bonds.